The van der Waals surface area contributed by atoms with Gasteiger partial charge >= 0.3 is 6.36 Å². The topological polar surface area (TPSA) is 26.3 Å². The van der Waals surface area contributed by atoms with Gasteiger partial charge in [0.05, 0.1) is 0 Å². The first-order valence-corrected chi connectivity index (χ1v) is 6.29. The van der Waals surface area contributed by atoms with E-state index < -0.39 is 6.36 Å². The molecule has 0 saturated carbocycles. The van der Waals surface area contributed by atoms with Gasteiger partial charge in [0.25, 0.3) is 0 Å². The molecule has 0 fully saturated rings. The van der Waals surface area contributed by atoms with E-state index in [9.17, 15) is 18.0 Å². The maximum atomic E-state index is 12.2. The van der Waals surface area contributed by atoms with E-state index in [1.807, 2.05) is 0 Å². The number of rotatable bonds is 3. The van der Waals surface area contributed by atoms with Crippen LogP contribution >= 0.6 is 11.6 Å². The molecule has 6 heteroatoms. The highest BCUT2D eigenvalue weighted by Crippen LogP contribution is 2.31. The summed E-state index contributed by atoms with van der Waals surface area (Å²) in [6, 6.07) is 8.76. The number of aldehydes is 1. The van der Waals surface area contributed by atoms with E-state index in [2.05, 4.69) is 4.74 Å². The standard InChI is InChI=1S/C15H10ClF3O2/c1-9-4-13(21-15(17,18)19)2-3-14(9)11-5-10(8-20)6-12(16)7-11/h2-8H,1H3. The van der Waals surface area contributed by atoms with E-state index in [0.29, 0.717) is 33.6 Å². The molecule has 0 radical (unpaired) electrons. The van der Waals surface area contributed by atoms with E-state index >= 15 is 0 Å². The smallest absolute Gasteiger partial charge is 0.406 e. The van der Waals surface area contributed by atoms with Crippen molar-refractivity contribution >= 4 is 17.9 Å². The molecule has 2 rings (SSSR count). The SMILES string of the molecule is Cc1cc(OC(F)(F)F)ccc1-c1cc(Cl)cc(C=O)c1. The van der Waals surface area contributed by atoms with Crippen molar-refractivity contribution in [3.05, 3.63) is 52.5 Å². The lowest BCUT2D eigenvalue weighted by molar-refractivity contribution is -0.274. The monoisotopic (exact) mass is 314 g/mol. The van der Waals surface area contributed by atoms with Crippen LogP contribution < -0.4 is 4.74 Å². The summed E-state index contributed by atoms with van der Waals surface area (Å²) in [5.41, 5.74) is 2.30. The lowest BCUT2D eigenvalue weighted by Crippen LogP contribution is -2.17. The summed E-state index contributed by atoms with van der Waals surface area (Å²) in [6.45, 7) is 1.65. The van der Waals surface area contributed by atoms with Crippen LogP contribution in [0.25, 0.3) is 11.1 Å². The Balaban J connectivity index is 2.41. The van der Waals surface area contributed by atoms with E-state index in [1.54, 1.807) is 19.1 Å². The summed E-state index contributed by atoms with van der Waals surface area (Å²) >= 11 is 5.92. The summed E-state index contributed by atoms with van der Waals surface area (Å²) in [5, 5.41) is 0.379. The number of aryl methyl sites for hydroxylation is 1. The lowest BCUT2D eigenvalue weighted by atomic mass is 9.99. The first-order chi connectivity index (χ1) is 9.78. The fraction of sp³-hybridized carbons (Fsp3) is 0.133. The van der Waals surface area contributed by atoms with Crippen molar-refractivity contribution in [2.45, 2.75) is 13.3 Å². The normalized spacial score (nSPS) is 11.3. The van der Waals surface area contributed by atoms with E-state index in [4.69, 9.17) is 11.6 Å². The fourth-order valence-corrected chi connectivity index (χ4v) is 2.24. The predicted octanol–water partition coefficient (Wildman–Crippen LogP) is 5.03. The zero-order chi connectivity index (χ0) is 15.6. The van der Waals surface area contributed by atoms with Crippen LogP contribution in [0.5, 0.6) is 5.75 Å². The van der Waals surface area contributed by atoms with Gasteiger partial charge in [0.15, 0.2) is 0 Å². The van der Waals surface area contributed by atoms with Crippen molar-refractivity contribution < 1.29 is 22.7 Å². The second-order valence-electron chi connectivity index (χ2n) is 4.42. The van der Waals surface area contributed by atoms with Crippen LogP contribution in [-0.2, 0) is 0 Å². The molecule has 2 aromatic rings. The fourth-order valence-electron chi connectivity index (χ4n) is 1.99. The molecule has 2 nitrogen and oxygen atoms in total. The number of ether oxygens (including phenoxy) is 1. The molecule has 0 unspecified atom stereocenters. The molecule has 2 aromatic carbocycles. The summed E-state index contributed by atoms with van der Waals surface area (Å²) < 4.78 is 40.4. The molecule has 0 aliphatic carbocycles. The van der Waals surface area contributed by atoms with E-state index in [-0.39, 0.29) is 5.75 Å². The Labute approximate surface area is 124 Å². The molecule has 110 valence electrons. The summed E-state index contributed by atoms with van der Waals surface area (Å²) in [7, 11) is 0. The molecule has 0 saturated heterocycles. The molecule has 21 heavy (non-hydrogen) atoms. The molecular weight excluding hydrogens is 305 g/mol. The quantitative estimate of drug-likeness (QED) is 0.743. The third-order valence-corrected chi connectivity index (χ3v) is 3.02. The van der Waals surface area contributed by atoms with E-state index in [1.165, 1.54) is 24.3 Å². The van der Waals surface area contributed by atoms with Crippen LogP contribution in [-0.4, -0.2) is 12.6 Å². The molecule has 0 aliphatic rings. The highest BCUT2D eigenvalue weighted by molar-refractivity contribution is 6.31. The second-order valence-corrected chi connectivity index (χ2v) is 4.85. The first-order valence-electron chi connectivity index (χ1n) is 5.91. The molecule has 0 spiro atoms. The Morgan fingerprint density at radius 3 is 2.43 bits per heavy atom. The predicted molar refractivity (Wildman–Crippen MR) is 73.7 cm³/mol. The summed E-state index contributed by atoms with van der Waals surface area (Å²) in [4.78, 5) is 10.8. The Bertz CT molecular complexity index is 681. The molecule has 0 aromatic heterocycles. The molecule has 0 N–H and O–H groups in total. The number of carbonyl (C=O) groups excluding carboxylic acids is 1. The number of hydrogen-bond donors (Lipinski definition) is 0. The molecule has 0 amide bonds. The van der Waals surface area contributed by atoms with Gasteiger partial charge in [0.1, 0.15) is 12.0 Å². The van der Waals surface area contributed by atoms with Crippen LogP contribution in [0.1, 0.15) is 15.9 Å². The number of benzene rings is 2. The molecule has 0 atom stereocenters. The largest absolute Gasteiger partial charge is 0.573 e. The summed E-state index contributed by atoms with van der Waals surface area (Å²) in [6.07, 6.45) is -4.07. The minimum Gasteiger partial charge on any atom is -0.406 e. The van der Waals surface area contributed by atoms with Crippen LogP contribution in [0.3, 0.4) is 0 Å². The van der Waals surface area contributed by atoms with Crippen molar-refractivity contribution in [3.63, 3.8) is 0 Å². The highest BCUT2D eigenvalue weighted by atomic mass is 35.5. The van der Waals surface area contributed by atoms with Crippen molar-refractivity contribution in [1.82, 2.24) is 0 Å². The first kappa shape index (κ1) is 15.4. The zero-order valence-corrected chi connectivity index (χ0v) is 11.6. The number of hydrogen-bond acceptors (Lipinski definition) is 2. The van der Waals surface area contributed by atoms with Gasteiger partial charge in [0.2, 0.25) is 0 Å². The Morgan fingerprint density at radius 1 is 1.14 bits per heavy atom. The van der Waals surface area contributed by atoms with Crippen LogP contribution in [0, 0.1) is 6.92 Å². The van der Waals surface area contributed by atoms with Crippen molar-refractivity contribution in [3.8, 4) is 16.9 Å². The van der Waals surface area contributed by atoms with Crippen molar-refractivity contribution in [1.29, 1.82) is 0 Å². The lowest BCUT2D eigenvalue weighted by Gasteiger charge is -2.12. The molecule has 0 heterocycles. The van der Waals surface area contributed by atoms with Gasteiger partial charge < -0.3 is 4.74 Å². The van der Waals surface area contributed by atoms with Gasteiger partial charge in [-0.2, -0.15) is 0 Å². The number of alkyl halides is 3. The van der Waals surface area contributed by atoms with Crippen LogP contribution in [0.15, 0.2) is 36.4 Å². The third kappa shape index (κ3) is 3.98. The van der Waals surface area contributed by atoms with Crippen LogP contribution in [0.2, 0.25) is 5.02 Å². The number of carbonyl (C=O) groups is 1. The van der Waals surface area contributed by atoms with Crippen LogP contribution in [0.4, 0.5) is 13.2 Å². The maximum absolute atomic E-state index is 12.2. The molecular formula is C15H10ClF3O2. The maximum Gasteiger partial charge on any atom is 0.573 e. The van der Waals surface area contributed by atoms with Gasteiger partial charge in [-0.15, -0.1) is 13.2 Å². The average molecular weight is 315 g/mol. The third-order valence-electron chi connectivity index (χ3n) is 2.80. The summed E-state index contributed by atoms with van der Waals surface area (Å²) in [5.74, 6) is -0.290. The van der Waals surface area contributed by atoms with Gasteiger partial charge in [-0.25, -0.2) is 0 Å². The van der Waals surface area contributed by atoms with E-state index in [0.717, 1.165) is 0 Å². The highest BCUT2D eigenvalue weighted by Gasteiger charge is 2.31. The average Bonchev–Trinajstić information content (AvgIpc) is 2.36. The Hall–Kier alpha value is -2.01. The Morgan fingerprint density at radius 2 is 1.86 bits per heavy atom. The minimum absolute atomic E-state index is 0.290. The minimum atomic E-state index is -4.73. The van der Waals surface area contributed by atoms with Crippen molar-refractivity contribution in [2.75, 3.05) is 0 Å². The van der Waals surface area contributed by atoms with Gasteiger partial charge in [0, 0.05) is 10.6 Å². The second kappa shape index (κ2) is 5.77. The van der Waals surface area contributed by atoms with Gasteiger partial charge in [-0.1, -0.05) is 17.7 Å². The molecule has 0 bridgehead atoms. The van der Waals surface area contributed by atoms with Gasteiger partial charge in [-0.3, -0.25) is 4.79 Å². The van der Waals surface area contributed by atoms with Gasteiger partial charge in [-0.05, 0) is 53.9 Å². The number of halogens is 4. The van der Waals surface area contributed by atoms with Crippen molar-refractivity contribution in [2.24, 2.45) is 0 Å². The molecule has 0 aliphatic heterocycles. The zero-order valence-electron chi connectivity index (χ0n) is 10.9. The Kier molecular flexibility index (Phi) is 4.23.